The molecule has 0 radical (unpaired) electrons. The average Bonchev–Trinajstić information content (AvgIpc) is 2.35. The van der Waals surface area contributed by atoms with Gasteiger partial charge in [0.25, 0.3) is 0 Å². The number of nitrogens with zero attached hydrogens (tertiary/aromatic N) is 3. The summed E-state index contributed by atoms with van der Waals surface area (Å²) in [6, 6.07) is 8.29. The molecule has 0 spiro atoms. The highest BCUT2D eigenvalue weighted by molar-refractivity contribution is 6.02. The van der Waals surface area contributed by atoms with Gasteiger partial charge in [0.1, 0.15) is 0 Å². The largest absolute Gasteiger partial charge is 0.287 e. The summed E-state index contributed by atoms with van der Waals surface area (Å²) in [5.41, 5.74) is 4.98. The van der Waals surface area contributed by atoms with Crippen LogP contribution in [0.5, 0.6) is 0 Å². The van der Waals surface area contributed by atoms with Crippen molar-refractivity contribution >= 4 is 22.8 Å². The van der Waals surface area contributed by atoms with Crippen molar-refractivity contribution in [2.75, 3.05) is 0 Å². The van der Waals surface area contributed by atoms with Crippen LogP contribution in [-0.4, -0.2) is 21.7 Å². The van der Waals surface area contributed by atoms with Gasteiger partial charge in [0.15, 0.2) is 0 Å². The molecule has 1 aliphatic rings. The van der Waals surface area contributed by atoms with E-state index in [1.54, 1.807) is 0 Å². The van der Waals surface area contributed by atoms with E-state index >= 15 is 0 Å². The number of rotatable bonds is 1. The Hall–Kier alpha value is -2.03. The molecule has 1 aromatic carbocycles. The molecule has 0 N–H and O–H groups in total. The Bertz CT molecular complexity index is 654. The molecule has 3 nitrogen and oxygen atoms in total. The van der Waals surface area contributed by atoms with Gasteiger partial charge in [-0.25, -0.2) is 9.97 Å². The standard InChI is InChI=1S/C15H15N3/c1-10(2)16-11-7-8-14-15(9-11)18-13-6-4-3-5-12(13)17-14/h3-8,10H,9H2,1-2H3. The summed E-state index contributed by atoms with van der Waals surface area (Å²) in [5.74, 6) is 0. The number of aliphatic imine (C=N–C) groups is 1. The van der Waals surface area contributed by atoms with Gasteiger partial charge in [0, 0.05) is 18.2 Å². The smallest absolute Gasteiger partial charge is 0.0894 e. The monoisotopic (exact) mass is 237 g/mol. The predicted molar refractivity (Wildman–Crippen MR) is 74.8 cm³/mol. The minimum Gasteiger partial charge on any atom is -0.287 e. The molecule has 1 heterocycles. The minimum atomic E-state index is 0.319. The van der Waals surface area contributed by atoms with Crippen LogP contribution in [0.4, 0.5) is 0 Å². The molecule has 1 aliphatic carbocycles. The maximum atomic E-state index is 4.68. The molecule has 0 aliphatic heterocycles. The fourth-order valence-electron chi connectivity index (χ4n) is 2.14. The zero-order chi connectivity index (χ0) is 12.5. The quantitative estimate of drug-likeness (QED) is 0.764. The molecule has 3 heteroatoms. The van der Waals surface area contributed by atoms with Crippen LogP contribution in [-0.2, 0) is 6.42 Å². The average molecular weight is 237 g/mol. The number of benzene rings is 1. The minimum absolute atomic E-state index is 0.319. The van der Waals surface area contributed by atoms with Crippen LogP contribution in [0.25, 0.3) is 17.1 Å². The molecule has 90 valence electrons. The van der Waals surface area contributed by atoms with E-state index in [0.717, 1.165) is 34.6 Å². The van der Waals surface area contributed by atoms with Crippen molar-refractivity contribution in [1.29, 1.82) is 0 Å². The Labute approximate surface area is 106 Å². The maximum absolute atomic E-state index is 4.68. The molecular formula is C15H15N3. The highest BCUT2D eigenvalue weighted by Gasteiger charge is 2.13. The first-order valence-electron chi connectivity index (χ1n) is 6.23. The van der Waals surface area contributed by atoms with Gasteiger partial charge in [0.05, 0.1) is 22.4 Å². The fraction of sp³-hybridized carbons (Fsp3) is 0.267. The van der Waals surface area contributed by atoms with Gasteiger partial charge in [-0.05, 0) is 38.1 Å². The van der Waals surface area contributed by atoms with Crippen molar-refractivity contribution in [1.82, 2.24) is 9.97 Å². The Morgan fingerprint density at radius 2 is 1.78 bits per heavy atom. The third-order valence-corrected chi connectivity index (χ3v) is 2.88. The summed E-state index contributed by atoms with van der Waals surface area (Å²) in [6.07, 6.45) is 4.84. The second kappa shape index (κ2) is 4.33. The van der Waals surface area contributed by atoms with Crippen molar-refractivity contribution in [2.24, 2.45) is 4.99 Å². The Morgan fingerprint density at radius 1 is 1.06 bits per heavy atom. The predicted octanol–water partition coefficient (Wildman–Crippen LogP) is 3.05. The van der Waals surface area contributed by atoms with Crippen LogP contribution < -0.4 is 0 Å². The van der Waals surface area contributed by atoms with E-state index in [0.29, 0.717) is 6.04 Å². The molecule has 0 saturated carbocycles. The first kappa shape index (κ1) is 11.1. The van der Waals surface area contributed by atoms with Gasteiger partial charge in [-0.2, -0.15) is 0 Å². The summed E-state index contributed by atoms with van der Waals surface area (Å²) in [4.78, 5) is 13.9. The number of fused-ring (bicyclic) bond motifs is 2. The normalized spacial score (nSPS) is 16.5. The van der Waals surface area contributed by atoms with Gasteiger partial charge < -0.3 is 0 Å². The van der Waals surface area contributed by atoms with Crippen LogP contribution in [0.1, 0.15) is 25.2 Å². The van der Waals surface area contributed by atoms with Gasteiger partial charge in [-0.15, -0.1) is 0 Å². The SMILES string of the molecule is CC(C)N=C1C=Cc2nc3ccccc3nc2C1. The second-order valence-corrected chi connectivity index (χ2v) is 4.77. The number of hydrogen-bond acceptors (Lipinski definition) is 3. The third kappa shape index (κ3) is 2.04. The molecule has 18 heavy (non-hydrogen) atoms. The molecule has 2 aromatic rings. The zero-order valence-corrected chi connectivity index (χ0v) is 10.6. The first-order valence-corrected chi connectivity index (χ1v) is 6.23. The summed E-state index contributed by atoms with van der Waals surface area (Å²) < 4.78 is 0. The van der Waals surface area contributed by atoms with Crippen molar-refractivity contribution in [2.45, 2.75) is 26.3 Å². The van der Waals surface area contributed by atoms with E-state index in [2.05, 4.69) is 28.8 Å². The Morgan fingerprint density at radius 3 is 2.50 bits per heavy atom. The number of aromatic nitrogens is 2. The Balaban J connectivity index is 2.08. The molecule has 0 unspecified atom stereocenters. The lowest BCUT2D eigenvalue weighted by Crippen LogP contribution is -2.11. The fourth-order valence-corrected chi connectivity index (χ4v) is 2.14. The number of allylic oxidation sites excluding steroid dienone is 1. The number of hydrogen-bond donors (Lipinski definition) is 0. The van der Waals surface area contributed by atoms with E-state index in [1.165, 1.54) is 0 Å². The topological polar surface area (TPSA) is 38.1 Å². The molecular weight excluding hydrogens is 222 g/mol. The molecule has 0 bridgehead atoms. The lowest BCUT2D eigenvalue weighted by atomic mass is 10.0. The molecule has 0 saturated heterocycles. The van der Waals surface area contributed by atoms with E-state index in [9.17, 15) is 0 Å². The molecule has 0 amide bonds. The lowest BCUT2D eigenvalue weighted by Gasteiger charge is -2.12. The van der Waals surface area contributed by atoms with Crippen molar-refractivity contribution < 1.29 is 0 Å². The van der Waals surface area contributed by atoms with Crippen LogP contribution in [0, 0.1) is 0 Å². The van der Waals surface area contributed by atoms with E-state index < -0.39 is 0 Å². The molecule has 0 atom stereocenters. The second-order valence-electron chi connectivity index (χ2n) is 4.77. The molecule has 1 aromatic heterocycles. The third-order valence-electron chi connectivity index (χ3n) is 2.88. The summed E-state index contributed by atoms with van der Waals surface area (Å²) in [6.45, 7) is 4.17. The van der Waals surface area contributed by atoms with Crippen LogP contribution in [0.15, 0.2) is 35.3 Å². The van der Waals surface area contributed by atoms with Gasteiger partial charge >= 0.3 is 0 Å². The first-order chi connectivity index (χ1) is 8.72. The van der Waals surface area contributed by atoms with Crippen LogP contribution in [0.2, 0.25) is 0 Å². The summed E-state index contributed by atoms with van der Waals surface area (Å²) in [7, 11) is 0. The molecule has 3 rings (SSSR count). The van der Waals surface area contributed by atoms with Crippen molar-refractivity contribution in [3.8, 4) is 0 Å². The van der Waals surface area contributed by atoms with Crippen LogP contribution in [0.3, 0.4) is 0 Å². The highest BCUT2D eigenvalue weighted by atomic mass is 14.8. The highest BCUT2D eigenvalue weighted by Crippen LogP contribution is 2.18. The summed E-state index contributed by atoms with van der Waals surface area (Å²) in [5, 5.41) is 0. The van der Waals surface area contributed by atoms with E-state index in [4.69, 9.17) is 0 Å². The van der Waals surface area contributed by atoms with Gasteiger partial charge in [0.2, 0.25) is 0 Å². The maximum Gasteiger partial charge on any atom is 0.0894 e. The summed E-state index contributed by atoms with van der Waals surface area (Å²) >= 11 is 0. The van der Waals surface area contributed by atoms with Crippen LogP contribution >= 0.6 is 0 Å². The van der Waals surface area contributed by atoms with Gasteiger partial charge in [-0.1, -0.05) is 12.1 Å². The number of para-hydroxylation sites is 2. The zero-order valence-electron chi connectivity index (χ0n) is 10.6. The Kier molecular flexibility index (Phi) is 2.67. The lowest BCUT2D eigenvalue weighted by molar-refractivity contribution is 0.832. The van der Waals surface area contributed by atoms with Crippen molar-refractivity contribution in [3.05, 3.63) is 41.7 Å². The van der Waals surface area contributed by atoms with E-state index in [-0.39, 0.29) is 0 Å². The van der Waals surface area contributed by atoms with E-state index in [1.807, 2.05) is 36.4 Å². The molecule has 0 fully saturated rings. The van der Waals surface area contributed by atoms with Gasteiger partial charge in [-0.3, -0.25) is 4.99 Å². The van der Waals surface area contributed by atoms with Crippen molar-refractivity contribution in [3.63, 3.8) is 0 Å².